The zero-order valence-electron chi connectivity index (χ0n) is 18.1. The minimum absolute atomic E-state index is 0.310. The van der Waals surface area contributed by atoms with Gasteiger partial charge in [0, 0.05) is 5.69 Å². The fourth-order valence-corrected chi connectivity index (χ4v) is 4.57. The molecule has 164 valence electrons. The molecule has 31 heavy (non-hydrogen) atoms. The van der Waals surface area contributed by atoms with E-state index in [-0.39, 0.29) is 5.97 Å². The molecule has 0 radical (unpaired) electrons. The summed E-state index contributed by atoms with van der Waals surface area (Å²) in [4.78, 5) is 25.1. The molecule has 0 saturated carbocycles. The lowest BCUT2D eigenvalue weighted by molar-refractivity contribution is -0.184. The Hall–Kier alpha value is -2.59. The average molecular weight is 443 g/mol. The number of rotatable bonds is 7. The zero-order chi connectivity index (χ0) is 22.2. The van der Waals surface area contributed by atoms with E-state index in [0.29, 0.717) is 42.9 Å². The van der Waals surface area contributed by atoms with Crippen LogP contribution in [0.5, 0.6) is 0 Å². The molecule has 1 saturated heterocycles. The van der Waals surface area contributed by atoms with Gasteiger partial charge in [-0.3, -0.25) is 0 Å². The standard InChI is InChI=1S/C22H26N4O4S/c1-5-30-21(27)18-13(2)17-19(24-16(10-26(3)4)25-20(17)31-18)23-15-8-6-14(7-9-15)22(28)11-29-12-22/h6-9,28H,5,10-12H2,1-4H3,(H,23,24,25). The van der Waals surface area contributed by atoms with E-state index in [9.17, 15) is 9.90 Å². The maximum atomic E-state index is 12.4. The van der Waals surface area contributed by atoms with Crippen LogP contribution in [0.2, 0.25) is 0 Å². The van der Waals surface area contributed by atoms with Gasteiger partial charge in [0.05, 0.1) is 31.8 Å². The van der Waals surface area contributed by atoms with E-state index in [1.165, 1.54) is 11.3 Å². The molecule has 0 aliphatic carbocycles. The van der Waals surface area contributed by atoms with Crippen molar-refractivity contribution in [1.82, 2.24) is 14.9 Å². The van der Waals surface area contributed by atoms with Crippen molar-refractivity contribution in [3.05, 3.63) is 46.1 Å². The topological polar surface area (TPSA) is 96.8 Å². The normalized spacial score (nSPS) is 15.2. The van der Waals surface area contributed by atoms with Crippen molar-refractivity contribution in [3.8, 4) is 0 Å². The van der Waals surface area contributed by atoms with Gasteiger partial charge < -0.3 is 24.8 Å². The van der Waals surface area contributed by atoms with Crippen LogP contribution in [0, 0.1) is 6.92 Å². The number of anilines is 2. The molecule has 0 unspecified atom stereocenters. The first-order valence-corrected chi connectivity index (χ1v) is 10.9. The summed E-state index contributed by atoms with van der Waals surface area (Å²) < 4.78 is 10.4. The first kappa shape index (κ1) is 21.6. The third-order valence-electron chi connectivity index (χ3n) is 5.12. The molecule has 1 aliphatic heterocycles. The van der Waals surface area contributed by atoms with E-state index < -0.39 is 5.60 Å². The van der Waals surface area contributed by atoms with Crippen LogP contribution in [0.3, 0.4) is 0 Å². The quantitative estimate of drug-likeness (QED) is 0.539. The Morgan fingerprint density at radius 2 is 2.00 bits per heavy atom. The fourth-order valence-electron chi connectivity index (χ4n) is 3.48. The summed E-state index contributed by atoms with van der Waals surface area (Å²) in [5.74, 6) is 0.960. The van der Waals surface area contributed by atoms with Gasteiger partial charge in [-0.15, -0.1) is 11.3 Å². The Kier molecular flexibility index (Phi) is 5.94. The molecule has 0 spiro atoms. The van der Waals surface area contributed by atoms with Gasteiger partial charge >= 0.3 is 5.97 Å². The van der Waals surface area contributed by atoms with Crippen molar-refractivity contribution in [2.45, 2.75) is 26.0 Å². The summed E-state index contributed by atoms with van der Waals surface area (Å²) >= 11 is 1.32. The van der Waals surface area contributed by atoms with Crippen LogP contribution in [0.25, 0.3) is 10.2 Å². The number of ether oxygens (including phenoxy) is 2. The Balaban J connectivity index is 1.73. The molecule has 1 aliphatic rings. The van der Waals surface area contributed by atoms with Gasteiger partial charge in [0.2, 0.25) is 0 Å². The number of hydrogen-bond acceptors (Lipinski definition) is 9. The summed E-state index contributed by atoms with van der Waals surface area (Å²) in [6, 6.07) is 7.57. The van der Waals surface area contributed by atoms with Gasteiger partial charge in [-0.1, -0.05) is 12.1 Å². The molecular formula is C22H26N4O4S. The summed E-state index contributed by atoms with van der Waals surface area (Å²) in [6.45, 7) is 5.19. The van der Waals surface area contributed by atoms with Gasteiger partial charge in [0.15, 0.2) is 0 Å². The van der Waals surface area contributed by atoms with Crippen molar-refractivity contribution < 1.29 is 19.4 Å². The van der Waals surface area contributed by atoms with E-state index >= 15 is 0 Å². The molecule has 4 rings (SSSR count). The average Bonchev–Trinajstić information content (AvgIpc) is 3.03. The van der Waals surface area contributed by atoms with Crippen LogP contribution in [-0.2, 0) is 21.6 Å². The lowest BCUT2D eigenvalue weighted by Gasteiger charge is -2.36. The highest BCUT2D eigenvalue weighted by molar-refractivity contribution is 7.20. The number of nitrogens with one attached hydrogen (secondary N) is 1. The number of aromatic nitrogens is 2. The van der Waals surface area contributed by atoms with Crippen molar-refractivity contribution in [2.75, 3.05) is 39.2 Å². The third-order valence-corrected chi connectivity index (χ3v) is 6.29. The van der Waals surface area contributed by atoms with Crippen LogP contribution in [0.4, 0.5) is 11.5 Å². The maximum Gasteiger partial charge on any atom is 0.348 e. The predicted octanol–water partition coefficient (Wildman–Crippen LogP) is 3.20. The summed E-state index contributed by atoms with van der Waals surface area (Å²) in [7, 11) is 3.91. The second-order valence-corrected chi connectivity index (χ2v) is 8.91. The van der Waals surface area contributed by atoms with Gasteiger partial charge in [0.25, 0.3) is 0 Å². The highest BCUT2D eigenvalue weighted by Gasteiger charge is 2.37. The summed E-state index contributed by atoms with van der Waals surface area (Å²) in [6.07, 6.45) is 0. The fraction of sp³-hybridized carbons (Fsp3) is 0.409. The number of thiophene rings is 1. The number of aryl methyl sites for hydroxylation is 1. The smallest absolute Gasteiger partial charge is 0.348 e. The molecule has 0 bridgehead atoms. The van der Waals surface area contributed by atoms with Gasteiger partial charge in [-0.05, 0) is 51.2 Å². The lowest BCUT2D eigenvalue weighted by Crippen LogP contribution is -2.46. The van der Waals surface area contributed by atoms with E-state index in [4.69, 9.17) is 14.5 Å². The van der Waals surface area contributed by atoms with E-state index in [2.05, 4.69) is 10.3 Å². The molecule has 3 aromatic rings. The van der Waals surface area contributed by atoms with Crippen molar-refractivity contribution >= 4 is 39.0 Å². The molecule has 0 amide bonds. The van der Waals surface area contributed by atoms with Crippen LogP contribution < -0.4 is 5.32 Å². The summed E-state index contributed by atoms with van der Waals surface area (Å²) in [5.41, 5.74) is 1.54. The summed E-state index contributed by atoms with van der Waals surface area (Å²) in [5, 5.41) is 14.6. The largest absolute Gasteiger partial charge is 0.462 e. The Labute approximate surface area is 184 Å². The molecule has 0 atom stereocenters. The monoisotopic (exact) mass is 442 g/mol. The number of carbonyl (C=O) groups is 1. The van der Waals surface area contributed by atoms with Gasteiger partial charge in [-0.25, -0.2) is 14.8 Å². The number of esters is 1. The van der Waals surface area contributed by atoms with Crippen LogP contribution in [0.1, 0.15) is 33.5 Å². The minimum atomic E-state index is -0.905. The van der Waals surface area contributed by atoms with E-state index in [1.807, 2.05) is 50.2 Å². The molecule has 8 nitrogen and oxygen atoms in total. The Morgan fingerprint density at radius 1 is 1.29 bits per heavy atom. The van der Waals surface area contributed by atoms with Crippen molar-refractivity contribution in [2.24, 2.45) is 0 Å². The SMILES string of the molecule is CCOC(=O)c1sc2nc(CN(C)C)nc(Nc3ccc(C4(O)COC4)cc3)c2c1C. The van der Waals surface area contributed by atoms with Gasteiger partial charge in [0.1, 0.15) is 27.0 Å². The van der Waals surface area contributed by atoms with Crippen molar-refractivity contribution in [3.63, 3.8) is 0 Å². The zero-order valence-corrected chi connectivity index (χ0v) is 18.9. The number of benzene rings is 1. The number of carbonyl (C=O) groups excluding carboxylic acids is 1. The number of fused-ring (bicyclic) bond motifs is 1. The molecule has 1 fully saturated rings. The van der Waals surface area contributed by atoms with Crippen molar-refractivity contribution in [1.29, 1.82) is 0 Å². The molecule has 1 aromatic carbocycles. The number of hydrogen-bond donors (Lipinski definition) is 2. The van der Waals surface area contributed by atoms with Crippen LogP contribution in [-0.4, -0.2) is 59.9 Å². The maximum absolute atomic E-state index is 12.4. The number of nitrogens with zero attached hydrogens (tertiary/aromatic N) is 3. The second-order valence-electron chi connectivity index (χ2n) is 7.91. The highest BCUT2D eigenvalue weighted by Crippen LogP contribution is 2.36. The first-order valence-electron chi connectivity index (χ1n) is 10.1. The lowest BCUT2D eigenvalue weighted by atomic mass is 9.92. The minimum Gasteiger partial charge on any atom is -0.462 e. The molecule has 2 N–H and O–H groups in total. The second kappa shape index (κ2) is 8.51. The van der Waals surface area contributed by atoms with Crippen LogP contribution in [0.15, 0.2) is 24.3 Å². The van der Waals surface area contributed by atoms with E-state index in [0.717, 1.165) is 27.0 Å². The molecular weight excluding hydrogens is 416 g/mol. The molecule has 3 heterocycles. The predicted molar refractivity (Wildman–Crippen MR) is 120 cm³/mol. The molecule has 9 heteroatoms. The van der Waals surface area contributed by atoms with E-state index in [1.54, 1.807) is 6.92 Å². The Morgan fingerprint density at radius 3 is 2.58 bits per heavy atom. The Bertz CT molecular complexity index is 1110. The third kappa shape index (κ3) is 4.27. The van der Waals surface area contributed by atoms with Crippen LogP contribution >= 0.6 is 11.3 Å². The highest BCUT2D eigenvalue weighted by atomic mass is 32.1. The number of aliphatic hydroxyl groups is 1. The van der Waals surface area contributed by atoms with Gasteiger partial charge in [-0.2, -0.15) is 0 Å². The first-order chi connectivity index (χ1) is 14.8. The molecule has 2 aromatic heterocycles.